The van der Waals surface area contributed by atoms with E-state index in [9.17, 15) is 33.0 Å². The van der Waals surface area contributed by atoms with Crippen LogP contribution in [0.25, 0.3) is 22.1 Å². The molecule has 3 aromatic heterocycles. The van der Waals surface area contributed by atoms with Crippen LogP contribution in [0, 0.1) is 26.7 Å². The predicted molar refractivity (Wildman–Crippen MR) is 255 cm³/mol. The van der Waals surface area contributed by atoms with Gasteiger partial charge in [-0.2, -0.15) is 18.3 Å². The van der Waals surface area contributed by atoms with E-state index in [1.807, 2.05) is 67.3 Å². The molecule has 0 aliphatic carbocycles. The molecule has 364 valence electrons. The number of carbonyl (C=O) groups excluding carboxylic acids is 1. The predicted octanol–water partition coefficient (Wildman–Crippen LogP) is 7.39. The van der Waals surface area contributed by atoms with Crippen molar-refractivity contribution in [1.82, 2.24) is 44.2 Å². The number of carboxylic acids is 1. The first-order valence-corrected chi connectivity index (χ1v) is 23.8. The maximum absolute atomic E-state index is 14.0. The van der Waals surface area contributed by atoms with Gasteiger partial charge < -0.3 is 25.1 Å². The number of aromatic amines is 1. The molecule has 0 unspecified atom stereocenters. The highest BCUT2D eigenvalue weighted by Gasteiger charge is 2.38. The van der Waals surface area contributed by atoms with Crippen LogP contribution in [0.3, 0.4) is 0 Å². The van der Waals surface area contributed by atoms with Gasteiger partial charge in [-0.25, -0.2) is 19.3 Å². The Morgan fingerprint density at radius 1 is 0.884 bits per heavy atom. The fourth-order valence-electron chi connectivity index (χ4n) is 9.10. The Kier molecular flexibility index (Phi) is 14.5. The summed E-state index contributed by atoms with van der Waals surface area (Å²) in [5, 5.41) is 45.4. The number of H-pyrrole nitrogens is 1. The summed E-state index contributed by atoms with van der Waals surface area (Å²) in [4.78, 5) is 49.4. The fourth-order valence-corrected chi connectivity index (χ4v) is 10.4. The maximum Gasteiger partial charge on any atom is 0.490 e. The van der Waals surface area contributed by atoms with Crippen LogP contribution in [-0.4, -0.2) is 129 Å². The van der Waals surface area contributed by atoms with Crippen molar-refractivity contribution in [2.24, 2.45) is 10.9 Å². The summed E-state index contributed by atoms with van der Waals surface area (Å²) >= 11 is 8.00. The standard InChI is InChI=1S/C46H51ClN10O4S.C2HF3O2/c1-5-32-22-36(39(59)24-38(32)58)43-50-52-46(61)57(43)35-12-6-30(7-13-35)25-53-18-20-54(21-19-53)26-31-14-16-55(17-15-31)40(60)23-37-44-51-49-29(4)56(44)45-41(27(2)28(3)62-45)42(48-37)33-8-10-34(47)11-9-33;3-2(4,5)1(6)7/h6-13,22,24,31,37,58-59H,5,14-21,23,25-26H2,1-4H3,(H,52,61);(H,6,7)/t37-;/m1./s1. The summed E-state index contributed by atoms with van der Waals surface area (Å²) in [5.41, 5.74) is 6.43. The van der Waals surface area contributed by atoms with Crippen LogP contribution >= 0.6 is 22.9 Å². The first-order chi connectivity index (χ1) is 32.9. The lowest BCUT2D eigenvalue weighted by Crippen LogP contribution is -2.48. The molecule has 2 fully saturated rings. The first-order valence-electron chi connectivity index (χ1n) is 22.6. The van der Waals surface area contributed by atoms with E-state index >= 15 is 0 Å². The number of amides is 1. The molecule has 0 saturated carbocycles. The zero-order valence-electron chi connectivity index (χ0n) is 38.4. The molecule has 0 radical (unpaired) electrons. The number of piperazine rings is 1. The molecule has 69 heavy (non-hydrogen) atoms. The second-order valence-electron chi connectivity index (χ2n) is 17.5. The van der Waals surface area contributed by atoms with E-state index < -0.39 is 23.9 Å². The van der Waals surface area contributed by atoms with Crippen molar-refractivity contribution in [3.63, 3.8) is 0 Å². The second-order valence-corrected chi connectivity index (χ2v) is 19.2. The van der Waals surface area contributed by atoms with Gasteiger partial charge >= 0.3 is 17.8 Å². The number of phenols is 2. The highest BCUT2D eigenvalue weighted by Crippen LogP contribution is 2.40. The van der Waals surface area contributed by atoms with Gasteiger partial charge in [0.1, 0.15) is 28.4 Å². The van der Waals surface area contributed by atoms with Crippen molar-refractivity contribution in [2.75, 3.05) is 45.8 Å². The smallest absolute Gasteiger partial charge is 0.490 e. The molecule has 9 rings (SSSR count). The number of aryl methyl sites for hydroxylation is 3. The van der Waals surface area contributed by atoms with Gasteiger partial charge in [0.05, 0.1) is 23.4 Å². The van der Waals surface area contributed by atoms with Crippen LogP contribution in [0.15, 0.2) is 70.5 Å². The molecule has 3 aromatic carbocycles. The minimum atomic E-state index is -5.08. The number of aromatic nitrogens is 6. The number of nitrogens with zero attached hydrogens (tertiary/aromatic N) is 9. The molecule has 0 spiro atoms. The number of hydrogen-bond donors (Lipinski definition) is 4. The zero-order valence-corrected chi connectivity index (χ0v) is 40.0. The number of nitrogens with one attached hydrogen (secondary N) is 1. The summed E-state index contributed by atoms with van der Waals surface area (Å²) in [7, 11) is 0. The van der Waals surface area contributed by atoms with Crippen LogP contribution in [0.1, 0.15) is 76.6 Å². The van der Waals surface area contributed by atoms with Crippen LogP contribution in [0.5, 0.6) is 11.5 Å². The molecule has 3 aliphatic rings. The number of carboxylic acid groups (broad SMARTS) is 1. The third kappa shape index (κ3) is 10.6. The number of aliphatic imine (C=N–C) groups is 1. The van der Waals surface area contributed by atoms with Gasteiger partial charge in [0.15, 0.2) is 11.6 Å². The van der Waals surface area contributed by atoms with Gasteiger partial charge in [-0.05, 0) is 93.0 Å². The van der Waals surface area contributed by atoms with E-state index in [0.29, 0.717) is 40.0 Å². The molecule has 6 heterocycles. The number of hydrogen-bond acceptors (Lipinski definition) is 12. The van der Waals surface area contributed by atoms with E-state index in [2.05, 4.69) is 48.6 Å². The molecular formula is C48H52ClF3N10O6S. The van der Waals surface area contributed by atoms with Gasteiger partial charge in [-0.15, -0.1) is 21.5 Å². The van der Waals surface area contributed by atoms with Crippen molar-refractivity contribution in [3.8, 4) is 33.6 Å². The molecule has 21 heteroatoms. The number of likely N-dealkylation sites (tertiary alicyclic amines) is 1. The van der Waals surface area contributed by atoms with Gasteiger partial charge in [-0.3, -0.25) is 19.3 Å². The number of phenolic OH excluding ortho intramolecular Hbond substituents is 2. The Labute approximate surface area is 404 Å². The third-order valence-electron chi connectivity index (χ3n) is 13.0. The minimum absolute atomic E-state index is 0.00572. The number of benzene rings is 3. The highest BCUT2D eigenvalue weighted by molar-refractivity contribution is 7.15. The lowest BCUT2D eigenvalue weighted by Gasteiger charge is -2.39. The number of thiophene rings is 1. The zero-order chi connectivity index (χ0) is 49.3. The fraction of sp³-hybridized carbons (Fsp3) is 0.396. The maximum atomic E-state index is 14.0. The SMILES string of the molecule is CCc1cc(-c2n[nH]c(=O)n2-c2ccc(CN3CCN(CC4CCN(C(=O)C[C@H]5N=C(c6ccc(Cl)cc6)c6c(sc(C)c6C)-n6c(C)nnc65)CC4)CC3)cc2)c(O)cc1O.O=C(O)C(F)(F)F. The first kappa shape index (κ1) is 49.1. The van der Waals surface area contributed by atoms with Crippen molar-refractivity contribution in [3.05, 3.63) is 121 Å². The average molecular weight is 990 g/mol. The number of piperidine rings is 1. The monoisotopic (exact) mass is 988 g/mol. The molecular weight excluding hydrogens is 937 g/mol. The summed E-state index contributed by atoms with van der Waals surface area (Å²) in [6, 6.07) is 18.1. The van der Waals surface area contributed by atoms with Crippen molar-refractivity contribution in [1.29, 1.82) is 0 Å². The van der Waals surface area contributed by atoms with Gasteiger partial charge in [0.2, 0.25) is 5.91 Å². The van der Waals surface area contributed by atoms with Gasteiger partial charge in [-0.1, -0.05) is 42.8 Å². The van der Waals surface area contributed by atoms with Gasteiger partial charge in [0.25, 0.3) is 0 Å². The molecule has 4 N–H and O–H groups in total. The molecule has 0 bridgehead atoms. The summed E-state index contributed by atoms with van der Waals surface area (Å²) < 4.78 is 35.3. The number of rotatable bonds is 10. The number of aromatic hydroxyl groups is 2. The molecule has 6 aromatic rings. The second kappa shape index (κ2) is 20.3. The lowest BCUT2D eigenvalue weighted by atomic mass is 9.95. The largest absolute Gasteiger partial charge is 0.508 e. The number of carbonyl (C=O) groups is 2. The summed E-state index contributed by atoms with van der Waals surface area (Å²) in [6.07, 6.45) is -2.35. The molecule has 3 aliphatic heterocycles. The topological polar surface area (TPSA) is 198 Å². The Balaban J connectivity index is 0.000000853. The number of aliphatic carboxylic acids is 1. The van der Waals surface area contributed by atoms with E-state index in [1.54, 1.807) is 17.4 Å². The van der Waals surface area contributed by atoms with Crippen molar-refractivity contribution in [2.45, 2.75) is 72.1 Å². The average Bonchev–Trinajstić information content (AvgIpc) is 3.96. The van der Waals surface area contributed by atoms with Crippen molar-refractivity contribution >= 4 is 40.5 Å². The van der Waals surface area contributed by atoms with Crippen LogP contribution in [0.4, 0.5) is 13.2 Å². The van der Waals surface area contributed by atoms with E-state index in [1.165, 1.54) is 21.1 Å². The summed E-state index contributed by atoms with van der Waals surface area (Å²) in [5.74, 6) is -0.509. The highest BCUT2D eigenvalue weighted by atomic mass is 35.5. The van der Waals surface area contributed by atoms with Gasteiger partial charge in [0, 0.05) is 79.5 Å². The Morgan fingerprint density at radius 2 is 1.54 bits per heavy atom. The molecule has 2 saturated heterocycles. The normalized spacial score (nSPS) is 16.8. The molecule has 16 nitrogen and oxygen atoms in total. The van der Waals surface area contributed by atoms with E-state index in [4.69, 9.17) is 26.5 Å². The number of fused-ring (bicyclic) bond motifs is 3. The number of alkyl halides is 3. The lowest BCUT2D eigenvalue weighted by molar-refractivity contribution is -0.192. The van der Waals surface area contributed by atoms with Crippen LogP contribution in [-0.2, 0) is 22.6 Å². The Morgan fingerprint density at radius 3 is 2.17 bits per heavy atom. The quantitative estimate of drug-likeness (QED) is 0.107. The van der Waals surface area contributed by atoms with Crippen LogP contribution in [0.2, 0.25) is 5.02 Å². The molecule has 1 amide bonds. The van der Waals surface area contributed by atoms with E-state index in [0.717, 1.165) is 98.4 Å². The third-order valence-corrected chi connectivity index (χ3v) is 14.5. The van der Waals surface area contributed by atoms with Crippen LogP contribution < -0.4 is 5.69 Å². The van der Waals surface area contributed by atoms with Crippen molar-refractivity contribution < 1.29 is 38.1 Å². The number of halogens is 4. The Bertz CT molecular complexity index is 2930. The minimum Gasteiger partial charge on any atom is -0.508 e. The van der Waals surface area contributed by atoms with E-state index in [-0.39, 0.29) is 29.7 Å². The Hall–Kier alpha value is -6.35. The molecule has 1 atom stereocenters. The summed E-state index contributed by atoms with van der Waals surface area (Å²) in [6.45, 7) is 15.3.